The molecule has 1 N–H and O–H groups in total. The van der Waals surface area contributed by atoms with Crippen molar-refractivity contribution in [3.8, 4) is 11.1 Å². The van der Waals surface area contributed by atoms with Gasteiger partial charge in [-0.3, -0.25) is 4.79 Å². The maximum atomic E-state index is 14.0. The predicted molar refractivity (Wildman–Crippen MR) is 133 cm³/mol. The molecule has 5 rings (SSSR count). The number of rotatable bonds is 5. The lowest BCUT2D eigenvalue weighted by Gasteiger charge is -2.34. The Balaban J connectivity index is 1.29. The van der Waals surface area contributed by atoms with Crippen molar-refractivity contribution in [3.63, 3.8) is 0 Å². The zero-order chi connectivity index (χ0) is 24.5. The zero-order valence-electron chi connectivity index (χ0n) is 19.6. The van der Waals surface area contributed by atoms with Gasteiger partial charge in [-0.2, -0.15) is 4.98 Å². The third-order valence-corrected chi connectivity index (χ3v) is 6.56. The number of benzene rings is 3. The third kappa shape index (κ3) is 4.88. The first-order valence-electron chi connectivity index (χ1n) is 11.6. The first-order valence-corrected chi connectivity index (χ1v) is 11.6. The van der Waals surface area contributed by atoms with E-state index in [1.807, 2.05) is 7.05 Å². The molecule has 1 aliphatic heterocycles. The van der Waals surface area contributed by atoms with Gasteiger partial charge in [-0.1, -0.05) is 12.1 Å². The molecule has 6 nitrogen and oxygen atoms in total. The number of carbonyl (C=O) groups excluding carboxylic acids is 1. The molecule has 0 radical (unpaired) electrons. The highest BCUT2D eigenvalue weighted by atomic mass is 19.1. The van der Waals surface area contributed by atoms with Crippen LogP contribution >= 0.6 is 0 Å². The number of likely N-dealkylation sites (tertiary alicyclic amines) is 1. The molecule has 1 amide bonds. The number of fused-ring (bicyclic) bond motifs is 1. The summed E-state index contributed by atoms with van der Waals surface area (Å²) in [6, 6.07) is 16.2. The molecule has 0 atom stereocenters. The van der Waals surface area contributed by atoms with Crippen LogP contribution in [0.1, 0.15) is 23.2 Å². The third-order valence-electron chi connectivity index (χ3n) is 6.56. The van der Waals surface area contributed by atoms with Gasteiger partial charge in [0.15, 0.2) is 5.58 Å². The number of halogens is 2. The van der Waals surface area contributed by atoms with Crippen molar-refractivity contribution in [1.82, 2.24) is 9.88 Å². The summed E-state index contributed by atoms with van der Waals surface area (Å²) in [6.45, 7) is 2.09. The lowest BCUT2D eigenvalue weighted by molar-refractivity contribution is 0.102. The van der Waals surface area contributed by atoms with Crippen LogP contribution in [0.2, 0.25) is 0 Å². The van der Waals surface area contributed by atoms with Crippen LogP contribution in [0.4, 0.5) is 20.5 Å². The van der Waals surface area contributed by atoms with Gasteiger partial charge < -0.3 is 19.5 Å². The number of oxazole rings is 1. The lowest BCUT2D eigenvalue weighted by atomic mass is 10.0. The highest BCUT2D eigenvalue weighted by Gasteiger charge is 2.24. The Morgan fingerprint density at radius 1 is 1.06 bits per heavy atom. The Kier molecular flexibility index (Phi) is 6.21. The molecule has 3 aromatic carbocycles. The van der Waals surface area contributed by atoms with Gasteiger partial charge in [0.2, 0.25) is 0 Å². The van der Waals surface area contributed by atoms with Crippen LogP contribution in [0.15, 0.2) is 65.1 Å². The van der Waals surface area contributed by atoms with E-state index in [0.29, 0.717) is 40.0 Å². The van der Waals surface area contributed by atoms with Crippen LogP contribution in [-0.4, -0.2) is 49.0 Å². The van der Waals surface area contributed by atoms with E-state index in [0.717, 1.165) is 32.0 Å². The number of piperidine rings is 1. The average molecular weight is 477 g/mol. The molecule has 0 spiro atoms. The molecular formula is C27H26F2N4O2. The Hall–Kier alpha value is -3.78. The van der Waals surface area contributed by atoms with Gasteiger partial charge in [-0.25, -0.2) is 8.78 Å². The van der Waals surface area contributed by atoms with Crippen LogP contribution in [0.3, 0.4) is 0 Å². The molecule has 4 aromatic rings. The van der Waals surface area contributed by atoms with Gasteiger partial charge in [0.05, 0.1) is 0 Å². The van der Waals surface area contributed by atoms with Crippen LogP contribution < -0.4 is 10.2 Å². The molecule has 0 bridgehead atoms. The number of nitrogens with one attached hydrogen (secondary N) is 1. The quantitative estimate of drug-likeness (QED) is 0.409. The number of carbonyl (C=O) groups is 1. The maximum absolute atomic E-state index is 14.0. The molecule has 1 aliphatic rings. The number of amides is 1. The van der Waals surface area contributed by atoms with Crippen molar-refractivity contribution >= 4 is 28.7 Å². The Morgan fingerprint density at radius 3 is 2.51 bits per heavy atom. The smallest absolute Gasteiger partial charge is 0.298 e. The summed E-state index contributed by atoms with van der Waals surface area (Å²) in [5, 5.41) is 2.87. The fourth-order valence-electron chi connectivity index (χ4n) is 4.41. The first kappa shape index (κ1) is 23.0. The molecule has 8 heteroatoms. The monoisotopic (exact) mass is 476 g/mol. The van der Waals surface area contributed by atoms with Crippen molar-refractivity contribution in [3.05, 3.63) is 77.9 Å². The van der Waals surface area contributed by atoms with Gasteiger partial charge >= 0.3 is 0 Å². The lowest BCUT2D eigenvalue weighted by Crippen LogP contribution is -2.42. The number of nitrogens with zero attached hydrogens (tertiary/aromatic N) is 3. The van der Waals surface area contributed by atoms with Crippen LogP contribution in [-0.2, 0) is 0 Å². The Bertz CT molecular complexity index is 1360. The molecule has 1 fully saturated rings. The van der Waals surface area contributed by atoms with Crippen LogP contribution in [0, 0.1) is 11.6 Å². The van der Waals surface area contributed by atoms with Crippen molar-refractivity contribution in [2.45, 2.75) is 18.9 Å². The molecule has 2 heterocycles. The standard InChI is InChI=1S/C27H26F2N4O2/c1-32-13-11-21(12-14-32)33(2)27-31-24-16-20(8-10-25(24)35-27)30-26(34)18-5-3-17(4-6-18)22-9-7-19(28)15-23(22)29/h3-10,15-16,21H,11-14H2,1-2H3,(H,30,34). The summed E-state index contributed by atoms with van der Waals surface area (Å²) in [7, 11) is 4.13. The van der Waals surface area contributed by atoms with Gasteiger partial charge in [0, 0.05) is 36.0 Å². The summed E-state index contributed by atoms with van der Waals surface area (Å²) in [6.07, 6.45) is 2.11. The summed E-state index contributed by atoms with van der Waals surface area (Å²) in [4.78, 5) is 21.8. The number of aromatic nitrogens is 1. The van der Waals surface area contributed by atoms with E-state index in [1.54, 1.807) is 42.5 Å². The Morgan fingerprint density at radius 2 is 1.80 bits per heavy atom. The molecule has 1 aromatic heterocycles. The summed E-state index contributed by atoms with van der Waals surface area (Å²) in [5.41, 5.74) is 3.17. The van der Waals surface area contributed by atoms with Gasteiger partial charge in [0.1, 0.15) is 17.2 Å². The number of hydrogen-bond acceptors (Lipinski definition) is 5. The maximum Gasteiger partial charge on any atom is 0.298 e. The largest absolute Gasteiger partial charge is 0.423 e. The van der Waals surface area contributed by atoms with Crippen LogP contribution in [0.5, 0.6) is 0 Å². The first-order chi connectivity index (χ1) is 16.9. The number of hydrogen-bond donors (Lipinski definition) is 1. The predicted octanol–water partition coefficient (Wildman–Crippen LogP) is 5.56. The summed E-state index contributed by atoms with van der Waals surface area (Å²) >= 11 is 0. The SMILES string of the molecule is CN1CCC(N(C)c2nc3cc(NC(=O)c4ccc(-c5ccc(F)cc5F)cc4)ccc3o2)CC1. The second kappa shape index (κ2) is 9.46. The molecule has 180 valence electrons. The van der Waals surface area contributed by atoms with Crippen molar-refractivity contribution in [2.24, 2.45) is 0 Å². The second-order valence-corrected chi connectivity index (χ2v) is 8.98. The minimum Gasteiger partial charge on any atom is -0.423 e. The normalized spacial score (nSPS) is 14.9. The fourth-order valence-corrected chi connectivity index (χ4v) is 4.41. The summed E-state index contributed by atoms with van der Waals surface area (Å²) in [5.74, 6) is -1.58. The summed E-state index contributed by atoms with van der Waals surface area (Å²) < 4.78 is 33.2. The van der Waals surface area contributed by atoms with E-state index in [9.17, 15) is 13.6 Å². The Labute approximate surface area is 202 Å². The van der Waals surface area contributed by atoms with Gasteiger partial charge in [0.25, 0.3) is 11.9 Å². The topological polar surface area (TPSA) is 61.6 Å². The average Bonchev–Trinajstić information content (AvgIpc) is 3.28. The molecule has 35 heavy (non-hydrogen) atoms. The molecule has 0 saturated carbocycles. The van der Waals surface area contributed by atoms with E-state index in [1.165, 1.54) is 12.1 Å². The van der Waals surface area contributed by atoms with Crippen molar-refractivity contribution in [1.29, 1.82) is 0 Å². The molecular weight excluding hydrogens is 450 g/mol. The van der Waals surface area contributed by atoms with Gasteiger partial charge in [-0.05, 0) is 81.0 Å². The van der Waals surface area contributed by atoms with Crippen LogP contribution in [0.25, 0.3) is 22.2 Å². The molecule has 1 saturated heterocycles. The number of anilines is 2. The highest BCUT2D eigenvalue weighted by Crippen LogP contribution is 2.28. The zero-order valence-corrected chi connectivity index (χ0v) is 19.6. The van der Waals surface area contributed by atoms with E-state index in [-0.39, 0.29) is 11.5 Å². The van der Waals surface area contributed by atoms with Crippen molar-refractivity contribution in [2.75, 3.05) is 37.4 Å². The highest BCUT2D eigenvalue weighted by molar-refractivity contribution is 6.05. The van der Waals surface area contributed by atoms with E-state index < -0.39 is 11.6 Å². The minimum atomic E-state index is -0.649. The van der Waals surface area contributed by atoms with E-state index in [2.05, 4.69) is 27.1 Å². The van der Waals surface area contributed by atoms with E-state index >= 15 is 0 Å². The van der Waals surface area contributed by atoms with Crippen molar-refractivity contribution < 1.29 is 18.0 Å². The van der Waals surface area contributed by atoms with Gasteiger partial charge in [-0.15, -0.1) is 0 Å². The van der Waals surface area contributed by atoms with E-state index in [4.69, 9.17) is 4.42 Å². The second-order valence-electron chi connectivity index (χ2n) is 8.98. The molecule has 0 aliphatic carbocycles. The minimum absolute atomic E-state index is 0.274. The fraction of sp³-hybridized carbons (Fsp3) is 0.259. The molecule has 0 unspecified atom stereocenters.